The summed E-state index contributed by atoms with van der Waals surface area (Å²) in [7, 11) is -3.88. The van der Waals surface area contributed by atoms with Crippen LogP contribution in [0.4, 0.5) is 4.79 Å². The van der Waals surface area contributed by atoms with Crippen molar-refractivity contribution >= 4 is 16.3 Å². The highest BCUT2D eigenvalue weighted by atomic mass is 32.2. The zero-order chi connectivity index (χ0) is 13.8. The van der Waals surface area contributed by atoms with Crippen molar-refractivity contribution in [3.63, 3.8) is 0 Å². The number of carbonyl (C=O) groups excluding carboxylic acids is 1. The molecule has 1 saturated heterocycles. The van der Waals surface area contributed by atoms with Crippen LogP contribution in [0.2, 0.25) is 0 Å². The lowest BCUT2D eigenvalue weighted by molar-refractivity contribution is 0.158. The highest BCUT2D eigenvalue weighted by molar-refractivity contribution is 7.88. The van der Waals surface area contributed by atoms with E-state index < -0.39 is 16.3 Å². The molecule has 8 heteroatoms. The summed E-state index contributed by atoms with van der Waals surface area (Å²) in [6.45, 7) is 7.14. The second-order valence-corrected chi connectivity index (χ2v) is 6.40. The molecular formula is C10H21N3O4S. The van der Waals surface area contributed by atoms with Gasteiger partial charge in [0.2, 0.25) is 0 Å². The number of hydrogen-bond donors (Lipinski definition) is 3. The molecule has 0 aromatic rings. The number of rotatable bonds is 4. The summed E-state index contributed by atoms with van der Waals surface area (Å²) in [5, 5.41) is 3.20. The van der Waals surface area contributed by atoms with Crippen LogP contribution in [0.5, 0.6) is 0 Å². The molecule has 0 spiro atoms. The average molecular weight is 279 g/mol. The first-order chi connectivity index (χ1) is 8.27. The Morgan fingerprint density at radius 3 is 2.72 bits per heavy atom. The molecule has 1 aliphatic rings. The molecule has 0 aromatic heterocycles. The Morgan fingerprint density at radius 2 is 2.17 bits per heavy atom. The van der Waals surface area contributed by atoms with Gasteiger partial charge in [0.25, 0.3) is 0 Å². The van der Waals surface area contributed by atoms with Gasteiger partial charge < -0.3 is 10.1 Å². The third kappa shape index (κ3) is 4.43. The van der Waals surface area contributed by atoms with E-state index in [4.69, 9.17) is 0 Å². The molecule has 0 bridgehead atoms. The molecule has 1 fully saturated rings. The molecule has 7 nitrogen and oxygen atoms in total. The summed E-state index contributed by atoms with van der Waals surface area (Å²) in [6.07, 6.45) is -0.284. The van der Waals surface area contributed by atoms with E-state index in [9.17, 15) is 13.2 Å². The van der Waals surface area contributed by atoms with E-state index in [1.54, 1.807) is 6.92 Å². The SMILES string of the molecule is CCOC(=O)NS(=O)(=O)NC1CCNCC1(C)C. The van der Waals surface area contributed by atoms with Crippen molar-refractivity contribution in [1.82, 2.24) is 14.8 Å². The Balaban J connectivity index is 2.62. The van der Waals surface area contributed by atoms with Crippen LogP contribution >= 0.6 is 0 Å². The minimum Gasteiger partial charge on any atom is -0.449 e. The number of hydrogen-bond acceptors (Lipinski definition) is 5. The van der Waals surface area contributed by atoms with Gasteiger partial charge in [-0.25, -0.2) is 9.52 Å². The van der Waals surface area contributed by atoms with Crippen molar-refractivity contribution in [2.24, 2.45) is 5.41 Å². The third-order valence-corrected chi connectivity index (χ3v) is 3.95. The lowest BCUT2D eigenvalue weighted by Crippen LogP contribution is -2.56. The molecule has 18 heavy (non-hydrogen) atoms. The van der Waals surface area contributed by atoms with Crippen molar-refractivity contribution < 1.29 is 17.9 Å². The molecule has 1 atom stereocenters. The van der Waals surface area contributed by atoms with Gasteiger partial charge in [0.15, 0.2) is 0 Å². The monoisotopic (exact) mass is 279 g/mol. The molecule has 1 heterocycles. The molecule has 0 aromatic carbocycles. The number of amides is 1. The van der Waals surface area contributed by atoms with Crippen molar-refractivity contribution in [2.75, 3.05) is 19.7 Å². The minimum atomic E-state index is -3.88. The largest absolute Gasteiger partial charge is 0.449 e. The summed E-state index contributed by atoms with van der Waals surface area (Å²) < 4.78 is 32.3. The third-order valence-electron chi connectivity index (χ3n) is 2.92. The number of piperidine rings is 1. The van der Waals surface area contributed by atoms with Crippen molar-refractivity contribution in [2.45, 2.75) is 33.2 Å². The fraction of sp³-hybridized carbons (Fsp3) is 0.900. The molecule has 106 valence electrons. The molecule has 1 amide bonds. The van der Waals surface area contributed by atoms with Gasteiger partial charge in [-0.1, -0.05) is 13.8 Å². The quantitative estimate of drug-likeness (QED) is 0.671. The number of ether oxygens (including phenoxy) is 1. The molecular weight excluding hydrogens is 258 g/mol. The smallest absolute Gasteiger partial charge is 0.421 e. The van der Waals surface area contributed by atoms with Crippen LogP contribution in [0.25, 0.3) is 0 Å². The standard InChI is InChI=1S/C10H21N3O4S/c1-4-17-9(14)13-18(15,16)12-8-5-6-11-7-10(8,2)3/h8,11-12H,4-7H2,1-3H3,(H,13,14). The van der Waals surface area contributed by atoms with E-state index in [-0.39, 0.29) is 18.1 Å². The maximum atomic E-state index is 11.7. The highest BCUT2D eigenvalue weighted by Gasteiger charge is 2.35. The van der Waals surface area contributed by atoms with Crippen LogP contribution in [0.3, 0.4) is 0 Å². The van der Waals surface area contributed by atoms with Gasteiger partial charge in [0, 0.05) is 12.6 Å². The summed E-state index contributed by atoms with van der Waals surface area (Å²) in [5.74, 6) is 0. The second kappa shape index (κ2) is 5.85. The van der Waals surface area contributed by atoms with E-state index in [0.717, 1.165) is 13.1 Å². The van der Waals surface area contributed by atoms with Crippen LogP contribution < -0.4 is 14.8 Å². The molecule has 1 rings (SSSR count). The van der Waals surface area contributed by atoms with Crippen molar-refractivity contribution in [3.05, 3.63) is 0 Å². The van der Waals surface area contributed by atoms with Gasteiger partial charge in [0.05, 0.1) is 6.61 Å². The lowest BCUT2D eigenvalue weighted by Gasteiger charge is -2.38. The van der Waals surface area contributed by atoms with Crippen LogP contribution in [0, 0.1) is 5.41 Å². The Bertz CT molecular complexity index is 394. The summed E-state index contributed by atoms with van der Waals surface area (Å²) in [6, 6.07) is -0.217. The molecule has 1 aliphatic heterocycles. The van der Waals surface area contributed by atoms with E-state index >= 15 is 0 Å². The van der Waals surface area contributed by atoms with Gasteiger partial charge in [-0.3, -0.25) is 0 Å². The molecule has 0 radical (unpaired) electrons. The van der Waals surface area contributed by atoms with Gasteiger partial charge in [0.1, 0.15) is 0 Å². The van der Waals surface area contributed by atoms with E-state index in [0.29, 0.717) is 6.42 Å². The van der Waals surface area contributed by atoms with Gasteiger partial charge in [-0.15, -0.1) is 0 Å². The zero-order valence-electron chi connectivity index (χ0n) is 10.9. The predicted molar refractivity (Wildman–Crippen MR) is 67.3 cm³/mol. The second-order valence-electron chi connectivity index (χ2n) is 4.95. The number of carbonyl (C=O) groups is 1. The predicted octanol–water partition coefficient (Wildman–Crippen LogP) is -0.0450. The molecule has 3 N–H and O–H groups in total. The van der Waals surface area contributed by atoms with Crippen LogP contribution in [-0.2, 0) is 14.9 Å². The maximum absolute atomic E-state index is 11.7. The summed E-state index contributed by atoms with van der Waals surface area (Å²) >= 11 is 0. The van der Waals surface area contributed by atoms with Gasteiger partial charge in [-0.2, -0.15) is 13.1 Å². The summed E-state index contributed by atoms with van der Waals surface area (Å²) in [4.78, 5) is 11.1. The van der Waals surface area contributed by atoms with Crippen LogP contribution in [0.1, 0.15) is 27.2 Å². The first-order valence-electron chi connectivity index (χ1n) is 5.94. The summed E-state index contributed by atoms with van der Waals surface area (Å²) in [5.41, 5.74) is -0.207. The van der Waals surface area contributed by atoms with Gasteiger partial charge >= 0.3 is 16.3 Å². The first kappa shape index (κ1) is 15.2. The maximum Gasteiger partial charge on any atom is 0.421 e. The molecule has 0 aliphatic carbocycles. The Kier molecular flexibility index (Phi) is 4.94. The molecule has 0 saturated carbocycles. The van der Waals surface area contributed by atoms with Crippen LogP contribution in [-0.4, -0.2) is 40.2 Å². The normalized spacial score (nSPS) is 23.4. The van der Waals surface area contributed by atoms with E-state index in [1.807, 2.05) is 18.6 Å². The minimum absolute atomic E-state index is 0.125. The fourth-order valence-electron chi connectivity index (χ4n) is 1.88. The van der Waals surface area contributed by atoms with Crippen molar-refractivity contribution in [1.29, 1.82) is 0 Å². The average Bonchev–Trinajstić information content (AvgIpc) is 2.20. The van der Waals surface area contributed by atoms with E-state index in [1.165, 1.54) is 0 Å². The lowest BCUT2D eigenvalue weighted by atomic mass is 9.81. The van der Waals surface area contributed by atoms with Gasteiger partial charge in [-0.05, 0) is 25.3 Å². The molecule has 1 unspecified atom stereocenters. The fourth-order valence-corrected chi connectivity index (χ4v) is 3.03. The topological polar surface area (TPSA) is 96.5 Å². The van der Waals surface area contributed by atoms with E-state index in [2.05, 4.69) is 14.8 Å². The number of nitrogens with one attached hydrogen (secondary N) is 3. The van der Waals surface area contributed by atoms with Crippen LogP contribution in [0.15, 0.2) is 0 Å². The Hall–Kier alpha value is -0.860. The highest BCUT2D eigenvalue weighted by Crippen LogP contribution is 2.25. The Labute approximate surface area is 108 Å². The zero-order valence-corrected chi connectivity index (χ0v) is 11.8. The van der Waals surface area contributed by atoms with Crippen molar-refractivity contribution in [3.8, 4) is 0 Å². The Morgan fingerprint density at radius 1 is 1.50 bits per heavy atom. The first-order valence-corrected chi connectivity index (χ1v) is 7.43.